The second-order valence-electron chi connectivity index (χ2n) is 5.62. The molecule has 0 unspecified atom stereocenters. The van der Waals surface area contributed by atoms with Crippen LogP contribution < -0.4 is 5.32 Å². The van der Waals surface area contributed by atoms with Crippen molar-refractivity contribution in [2.75, 3.05) is 19.8 Å². The molecular formula is C17H17ClF3NO4. The van der Waals surface area contributed by atoms with Crippen molar-refractivity contribution in [3.63, 3.8) is 0 Å². The maximum atomic E-state index is 12.8. The van der Waals surface area contributed by atoms with E-state index in [-0.39, 0.29) is 11.7 Å². The van der Waals surface area contributed by atoms with E-state index in [1.807, 2.05) is 0 Å². The van der Waals surface area contributed by atoms with Crippen molar-refractivity contribution in [1.29, 1.82) is 0 Å². The van der Waals surface area contributed by atoms with Crippen LogP contribution in [0.4, 0.5) is 13.2 Å². The lowest BCUT2D eigenvalue weighted by molar-refractivity contribution is -0.143. The van der Waals surface area contributed by atoms with E-state index in [1.54, 1.807) is 0 Å². The van der Waals surface area contributed by atoms with Gasteiger partial charge in [-0.1, -0.05) is 17.7 Å². The lowest BCUT2D eigenvalue weighted by Crippen LogP contribution is -2.34. The highest BCUT2D eigenvalue weighted by Gasteiger charge is 2.33. The summed E-state index contributed by atoms with van der Waals surface area (Å²) >= 11 is 5.52. The summed E-state index contributed by atoms with van der Waals surface area (Å²) in [4.78, 5) is 23.1. The topological polar surface area (TPSA) is 64.6 Å². The zero-order chi connectivity index (χ0) is 19.2. The minimum atomic E-state index is -4.59. The molecule has 26 heavy (non-hydrogen) atoms. The first-order chi connectivity index (χ1) is 12.3. The van der Waals surface area contributed by atoms with E-state index in [0.29, 0.717) is 13.2 Å². The van der Waals surface area contributed by atoms with Crippen LogP contribution >= 0.6 is 11.6 Å². The number of hydrogen-bond acceptors (Lipinski definition) is 4. The van der Waals surface area contributed by atoms with Crippen molar-refractivity contribution in [2.24, 2.45) is 0 Å². The fourth-order valence-electron chi connectivity index (χ4n) is 2.30. The van der Waals surface area contributed by atoms with E-state index in [2.05, 4.69) is 5.32 Å². The molecule has 2 rings (SSSR count). The summed E-state index contributed by atoms with van der Waals surface area (Å²) < 4.78 is 48.4. The molecule has 1 atom stereocenters. The van der Waals surface area contributed by atoms with E-state index < -0.39 is 35.2 Å². The molecule has 1 N–H and O–H groups in total. The summed E-state index contributed by atoms with van der Waals surface area (Å²) in [5, 5.41) is 2.15. The third kappa shape index (κ3) is 6.34. The van der Waals surface area contributed by atoms with Gasteiger partial charge in [-0.25, -0.2) is 4.79 Å². The van der Waals surface area contributed by atoms with Gasteiger partial charge < -0.3 is 14.8 Å². The first-order valence-electron chi connectivity index (χ1n) is 7.85. The number of halogens is 4. The van der Waals surface area contributed by atoms with Crippen molar-refractivity contribution in [2.45, 2.75) is 25.1 Å². The number of carbonyl (C=O) groups is 2. The number of ether oxygens (including phenoxy) is 2. The normalized spacial score (nSPS) is 17.5. The number of benzene rings is 1. The summed E-state index contributed by atoms with van der Waals surface area (Å²) in [5.41, 5.74) is -0.871. The number of nitrogens with one attached hydrogen (secondary N) is 1. The first kappa shape index (κ1) is 20.3. The number of alkyl halides is 3. The Labute approximate surface area is 153 Å². The molecule has 1 aromatic carbocycles. The standard InChI is InChI=1S/C17H17ClF3NO4/c18-14-5-3-11(8-13(14)17(19,20)21)4-6-16(24)26-10-15(23)22-9-12-2-1-7-25-12/h3-6,8,12H,1-2,7,9-10H2,(H,22,23)/b6-4+/t12-/m0/s1. The van der Waals surface area contributed by atoms with Crippen molar-refractivity contribution in [3.05, 3.63) is 40.4 Å². The van der Waals surface area contributed by atoms with Gasteiger partial charge in [-0.05, 0) is 36.6 Å². The molecule has 1 saturated heterocycles. The summed E-state index contributed by atoms with van der Waals surface area (Å²) in [6.45, 7) is 0.530. The summed E-state index contributed by atoms with van der Waals surface area (Å²) in [6.07, 6.45) is -0.718. The van der Waals surface area contributed by atoms with E-state index in [0.717, 1.165) is 37.1 Å². The minimum absolute atomic E-state index is 0.0257. The average Bonchev–Trinajstić information content (AvgIpc) is 3.10. The van der Waals surface area contributed by atoms with E-state index >= 15 is 0 Å². The minimum Gasteiger partial charge on any atom is -0.452 e. The van der Waals surface area contributed by atoms with Crippen molar-refractivity contribution in [3.8, 4) is 0 Å². The van der Waals surface area contributed by atoms with Gasteiger partial charge in [0.05, 0.1) is 16.7 Å². The van der Waals surface area contributed by atoms with E-state index in [9.17, 15) is 22.8 Å². The highest BCUT2D eigenvalue weighted by Crippen LogP contribution is 2.35. The van der Waals surface area contributed by atoms with Crippen LogP contribution in [0.5, 0.6) is 0 Å². The zero-order valence-corrected chi connectivity index (χ0v) is 14.4. The second kappa shape index (κ2) is 9.05. The van der Waals surface area contributed by atoms with Crippen molar-refractivity contribution in [1.82, 2.24) is 5.32 Å². The van der Waals surface area contributed by atoms with Crippen molar-refractivity contribution >= 4 is 29.6 Å². The molecule has 1 amide bonds. The van der Waals surface area contributed by atoms with Gasteiger partial charge in [0.25, 0.3) is 5.91 Å². The first-order valence-corrected chi connectivity index (χ1v) is 8.23. The molecule has 0 spiro atoms. The molecule has 1 aliphatic heterocycles. The molecule has 1 aliphatic rings. The van der Waals surface area contributed by atoms with Crippen LogP contribution in [0.25, 0.3) is 6.08 Å². The highest BCUT2D eigenvalue weighted by atomic mass is 35.5. The molecule has 0 radical (unpaired) electrons. The fraction of sp³-hybridized carbons (Fsp3) is 0.412. The molecular weight excluding hydrogens is 375 g/mol. The third-order valence-corrected chi connectivity index (χ3v) is 3.93. The summed E-state index contributed by atoms with van der Waals surface area (Å²) in [6, 6.07) is 3.24. The van der Waals surface area contributed by atoms with Crippen LogP contribution in [0.1, 0.15) is 24.0 Å². The molecule has 5 nitrogen and oxygen atoms in total. The molecule has 142 valence electrons. The molecule has 9 heteroatoms. The third-order valence-electron chi connectivity index (χ3n) is 3.60. The Morgan fingerprint density at radius 1 is 1.38 bits per heavy atom. The predicted octanol–water partition coefficient (Wildman–Crippen LogP) is 3.21. The van der Waals surface area contributed by atoms with Crippen LogP contribution in [-0.4, -0.2) is 37.7 Å². The Kier molecular flexibility index (Phi) is 7.05. The molecule has 1 fully saturated rings. The molecule has 1 heterocycles. The van der Waals surface area contributed by atoms with Gasteiger partial charge in [-0.2, -0.15) is 13.2 Å². The van der Waals surface area contributed by atoms with E-state index in [1.165, 1.54) is 6.07 Å². The van der Waals surface area contributed by atoms with Gasteiger partial charge in [0.15, 0.2) is 6.61 Å². The predicted molar refractivity (Wildman–Crippen MR) is 88.4 cm³/mol. The summed E-state index contributed by atoms with van der Waals surface area (Å²) in [7, 11) is 0. The van der Waals surface area contributed by atoms with Gasteiger partial charge in [0, 0.05) is 19.2 Å². The average molecular weight is 392 g/mol. The Morgan fingerprint density at radius 3 is 2.81 bits per heavy atom. The molecule has 0 bridgehead atoms. The Bertz CT molecular complexity index is 685. The SMILES string of the molecule is O=C(COC(=O)/C=C/c1ccc(Cl)c(C(F)(F)F)c1)NC[C@@H]1CCCO1. The maximum Gasteiger partial charge on any atom is 0.417 e. The quantitative estimate of drug-likeness (QED) is 0.597. The van der Waals surface area contributed by atoms with Crippen LogP contribution in [0, 0.1) is 0 Å². The fourth-order valence-corrected chi connectivity index (χ4v) is 2.52. The van der Waals surface area contributed by atoms with Gasteiger partial charge in [0.1, 0.15) is 0 Å². The van der Waals surface area contributed by atoms with Crippen LogP contribution in [0.15, 0.2) is 24.3 Å². The maximum absolute atomic E-state index is 12.8. The van der Waals surface area contributed by atoms with Crippen LogP contribution in [0.2, 0.25) is 5.02 Å². The van der Waals surface area contributed by atoms with Crippen molar-refractivity contribution < 1.29 is 32.2 Å². The Balaban J connectivity index is 1.80. The number of hydrogen-bond donors (Lipinski definition) is 1. The van der Waals surface area contributed by atoms with E-state index in [4.69, 9.17) is 21.1 Å². The zero-order valence-electron chi connectivity index (χ0n) is 13.6. The second-order valence-corrected chi connectivity index (χ2v) is 6.02. The van der Waals surface area contributed by atoms with Crippen LogP contribution in [0.3, 0.4) is 0 Å². The van der Waals surface area contributed by atoms with Gasteiger partial charge in [-0.3, -0.25) is 4.79 Å². The van der Waals surface area contributed by atoms with Gasteiger partial charge in [-0.15, -0.1) is 0 Å². The number of carbonyl (C=O) groups excluding carboxylic acids is 2. The Hall–Kier alpha value is -2.06. The van der Waals surface area contributed by atoms with Gasteiger partial charge >= 0.3 is 12.1 Å². The number of rotatable bonds is 6. The smallest absolute Gasteiger partial charge is 0.417 e. The molecule has 0 aliphatic carbocycles. The van der Waals surface area contributed by atoms with Gasteiger partial charge in [0.2, 0.25) is 0 Å². The lowest BCUT2D eigenvalue weighted by Gasteiger charge is -2.10. The summed E-state index contributed by atoms with van der Waals surface area (Å²) in [5.74, 6) is -1.33. The van der Waals surface area contributed by atoms with Crippen LogP contribution in [-0.2, 0) is 25.2 Å². The number of amides is 1. The Morgan fingerprint density at radius 2 is 2.15 bits per heavy atom. The highest BCUT2D eigenvalue weighted by molar-refractivity contribution is 6.31. The number of esters is 1. The molecule has 0 saturated carbocycles. The monoisotopic (exact) mass is 391 g/mol. The lowest BCUT2D eigenvalue weighted by atomic mass is 10.1. The largest absolute Gasteiger partial charge is 0.452 e. The molecule has 1 aromatic rings. The molecule has 0 aromatic heterocycles.